The molecule has 0 saturated heterocycles. The summed E-state index contributed by atoms with van der Waals surface area (Å²) in [4.78, 5) is 28.6. The monoisotopic (exact) mass is 389 g/mol. The zero-order valence-corrected chi connectivity index (χ0v) is 18.2. The van der Waals surface area contributed by atoms with Gasteiger partial charge in [0.05, 0.1) is 18.4 Å². The fraction of sp³-hybridized carbons (Fsp3) is 0.545. The molecule has 0 spiro atoms. The predicted octanol–water partition coefficient (Wildman–Crippen LogP) is 5.33. The molecule has 5 heteroatoms. The summed E-state index contributed by atoms with van der Waals surface area (Å²) in [5.74, 6) is 0.903. The van der Waals surface area contributed by atoms with Gasteiger partial charge in [0.1, 0.15) is 5.75 Å². The Morgan fingerprint density at radius 2 is 1.89 bits per heavy atom. The lowest BCUT2D eigenvalue weighted by Crippen LogP contribution is -2.33. The summed E-state index contributed by atoms with van der Waals surface area (Å²) in [5.41, 5.74) is 0.351. The van der Waals surface area contributed by atoms with Crippen LogP contribution in [0.1, 0.15) is 62.7 Å². The van der Waals surface area contributed by atoms with Gasteiger partial charge in [-0.25, -0.2) is 0 Å². The van der Waals surface area contributed by atoms with E-state index >= 15 is 0 Å². The molecule has 1 amide bonds. The van der Waals surface area contributed by atoms with Gasteiger partial charge in [-0.3, -0.25) is 9.59 Å². The van der Waals surface area contributed by atoms with Crippen LogP contribution in [0.2, 0.25) is 0 Å². The number of fused-ring (bicyclic) bond motifs is 1. The third-order valence-electron chi connectivity index (χ3n) is 4.73. The molecular weight excluding hydrogens is 358 g/mol. The number of likely N-dealkylation sites (N-methyl/N-ethyl adjacent to an activating group) is 1. The van der Waals surface area contributed by atoms with E-state index in [2.05, 4.69) is 6.92 Å². The van der Waals surface area contributed by atoms with Crippen LogP contribution in [0.3, 0.4) is 0 Å². The molecule has 0 bridgehead atoms. The number of methoxy groups -OCH3 is 1. The summed E-state index contributed by atoms with van der Waals surface area (Å²) in [6, 6.07) is 5.81. The summed E-state index contributed by atoms with van der Waals surface area (Å²) >= 11 is 1.48. The van der Waals surface area contributed by atoms with Gasteiger partial charge in [0.25, 0.3) is 0 Å². The van der Waals surface area contributed by atoms with E-state index in [1.165, 1.54) is 11.3 Å². The van der Waals surface area contributed by atoms with Crippen molar-refractivity contribution in [3.05, 3.63) is 28.6 Å². The second-order valence-electron chi connectivity index (χ2n) is 7.85. The van der Waals surface area contributed by atoms with Crippen LogP contribution in [-0.2, 0) is 11.2 Å². The first-order valence-corrected chi connectivity index (χ1v) is 10.5. The molecule has 4 nitrogen and oxygen atoms in total. The molecule has 1 aromatic heterocycles. The van der Waals surface area contributed by atoms with Crippen molar-refractivity contribution in [1.82, 2.24) is 4.90 Å². The van der Waals surface area contributed by atoms with Crippen molar-refractivity contribution in [3.63, 3.8) is 0 Å². The Bertz CT molecular complexity index is 817. The molecule has 2 aromatic rings. The molecule has 2 rings (SSSR count). The summed E-state index contributed by atoms with van der Waals surface area (Å²) in [6.07, 6.45) is 2.30. The maximum absolute atomic E-state index is 13.1. The second-order valence-corrected chi connectivity index (χ2v) is 8.91. The molecule has 0 atom stereocenters. The molecule has 27 heavy (non-hydrogen) atoms. The van der Waals surface area contributed by atoms with Gasteiger partial charge in [-0.2, -0.15) is 0 Å². The van der Waals surface area contributed by atoms with Gasteiger partial charge in [0.2, 0.25) is 5.91 Å². The van der Waals surface area contributed by atoms with Crippen LogP contribution < -0.4 is 4.74 Å². The Balaban J connectivity index is 2.50. The highest BCUT2D eigenvalue weighted by molar-refractivity contribution is 7.21. The van der Waals surface area contributed by atoms with Crippen LogP contribution in [0.4, 0.5) is 0 Å². The standard InChI is InChI=1S/C22H31NO3S/c1-7-9-12-23(8-2)19(24)14-17-16-13-15(26-6)10-11-18(16)27-20(17)21(25)22(3,4)5/h10-11,13H,7-9,12,14H2,1-6H3. The largest absolute Gasteiger partial charge is 0.497 e. The fourth-order valence-electron chi connectivity index (χ4n) is 3.03. The number of ether oxygens (including phenoxy) is 1. The number of carbonyl (C=O) groups is 2. The van der Waals surface area contributed by atoms with E-state index in [1.807, 2.05) is 50.8 Å². The Morgan fingerprint density at radius 3 is 2.44 bits per heavy atom. The Kier molecular flexibility index (Phi) is 7.04. The number of Topliss-reactive ketones (excluding diaryl/α,β-unsaturated/α-hetero) is 1. The number of nitrogens with zero attached hydrogens (tertiary/aromatic N) is 1. The minimum absolute atomic E-state index is 0.0800. The van der Waals surface area contributed by atoms with E-state index in [1.54, 1.807) is 7.11 Å². The van der Waals surface area contributed by atoms with Gasteiger partial charge in [-0.15, -0.1) is 11.3 Å². The highest BCUT2D eigenvalue weighted by Crippen LogP contribution is 2.37. The average Bonchev–Trinajstić information content (AvgIpc) is 2.98. The normalized spacial score (nSPS) is 11.6. The van der Waals surface area contributed by atoms with Crippen molar-refractivity contribution >= 4 is 33.1 Å². The molecular formula is C22H31NO3S. The van der Waals surface area contributed by atoms with Crippen molar-refractivity contribution in [2.75, 3.05) is 20.2 Å². The summed E-state index contributed by atoms with van der Waals surface area (Å²) in [6.45, 7) is 11.3. The second kappa shape index (κ2) is 8.87. The van der Waals surface area contributed by atoms with Crippen LogP contribution in [-0.4, -0.2) is 36.8 Å². The highest BCUT2D eigenvalue weighted by Gasteiger charge is 2.29. The minimum Gasteiger partial charge on any atom is -0.497 e. The van der Waals surface area contributed by atoms with Crippen LogP contribution in [0.15, 0.2) is 18.2 Å². The molecule has 1 aromatic carbocycles. The summed E-state index contributed by atoms with van der Waals surface area (Å²) in [5, 5.41) is 0.951. The predicted molar refractivity (Wildman–Crippen MR) is 113 cm³/mol. The molecule has 0 fully saturated rings. The summed E-state index contributed by atoms with van der Waals surface area (Å²) < 4.78 is 6.38. The molecule has 0 unspecified atom stereocenters. The summed E-state index contributed by atoms with van der Waals surface area (Å²) in [7, 11) is 1.63. The first-order chi connectivity index (χ1) is 12.7. The number of amides is 1. The van der Waals surface area contributed by atoms with Gasteiger partial charge >= 0.3 is 0 Å². The Hall–Kier alpha value is -1.88. The van der Waals surface area contributed by atoms with Crippen LogP contribution >= 0.6 is 11.3 Å². The van der Waals surface area contributed by atoms with Crippen molar-refractivity contribution in [2.45, 2.75) is 53.9 Å². The van der Waals surface area contributed by atoms with Crippen LogP contribution in [0.25, 0.3) is 10.1 Å². The molecule has 0 aliphatic rings. The lowest BCUT2D eigenvalue weighted by atomic mass is 9.88. The molecule has 0 radical (unpaired) electrons. The first-order valence-electron chi connectivity index (χ1n) is 9.64. The third kappa shape index (κ3) is 4.89. The van der Waals surface area contributed by atoms with Crippen molar-refractivity contribution < 1.29 is 14.3 Å². The number of unbranched alkanes of at least 4 members (excludes halogenated alkanes) is 1. The van der Waals surface area contributed by atoms with Crippen molar-refractivity contribution in [3.8, 4) is 5.75 Å². The zero-order valence-electron chi connectivity index (χ0n) is 17.3. The van der Waals surface area contributed by atoms with Gasteiger partial charge in [0.15, 0.2) is 5.78 Å². The fourth-order valence-corrected chi connectivity index (χ4v) is 4.38. The van der Waals surface area contributed by atoms with Gasteiger partial charge < -0.3 is 9.64 Å². The number of hydrogen-bond donors (Lipinski definition) is 0. The van der Waals surface area contributed by atoms with E-state index < -0.39 is 5.41 Å². The first kappa shape index (κ1) is 21.4. The van der Waals surface area contributed by atoms with Crippen LogP contribution in [0.5, 0.6) is 5.75 Å². The smallest absolute Gasteiger partial charge is 0.227 e. The van der Waals surface area contributed by atoms with Crippen LogP contribution in [0, 0.1) is 5.41 Å². The number of rotatable bonds is 8. The third-order valence-corrected chi connectivity index (χ3v) is 5.94. The molecule has 0 saturated carbocycles. The highest BCUT2D eigenvalue weighted by atomic mass is 32.1. The molecule has 0 aliphatic heterocycles. The molecule has 0 aliphatic carbocycles. The number of benzene rings is 1. The molecule has 148 valence electrons. The minimum atomic E-state index is -0.491. The zero-order chi connectivity index (χ0) is 20.2. The lowest BCUT2D eigenvalue weighted by Gasteiger charge is -2.21. The van der Waals surface area contributed by atoms with Gasteiger partial charge in [-0.1, -0.05) is 34.1 Å². The lowest BCUT2D eigenvalue weighted by molar-refractivity contribution is -0.130. The number of ketones is 1. The SMILES string of the molecule is CCCCN(CC)C(=O)Cc1c(C(=O)C(C)(C)C)sc2ccc(OC)cc12. The Morgan fingerprint density at radius 1 is 1.19 bits per heavy atom. The van der Waals surface area contributed by atoms with Gasteiger partial charge in [0, 0.05) is 28.6 Å². The van der Waals surface area contributed by atoms with Crippen molar-refractivity contribution in [1.29, 1.82) is 0 Å². The van der Waals surface area contributed by atoms with Gasteiger partial charge in [-0.05, 0) is 37.1 Å². The number of carbonyl (C=O) groups excluding carboxylic acids is 2. The maximum atomic E-state index is 13.1. The molecule has 0 N–H and O–H groups in total. The van der Waals surface area contributed by atoms with E-state index in [0.29, 0.717) is 11.4 Å². The molecule has 1 heterocycles. The topological polar surface area (TPSA) is 46.6 Å². The van der Waals surface area contributed by atoms with E-state index in [0.717, 1.165) is 40.8 Å². The quantitative estimate of drug-likeness (QED) is 0.573. The maximum Gasteiger partial charge on any atom is 0.227 e. The average molecular weight is 390 g/mol. The Labute approximate surface area is 166 Å². The van der Waals surface area contributed by atoms with Crippen molar-refractivity contribution in [2.24, 2.45) is 5.41 Å². The number of thiophene rings is 1. The van der Waals surface area contributed by atoms with E-state index in [9.17, 15) is 9.59 Å². The number of hydrogen-bond acceptors (Lipinski definition) is 4. The van der Waals surface area contributed by atoms with E-state index in [4.69, 9.17) is 4.74 Å². The van der Waals surface area contributed by atoms with E-state index in [-0.39, 0.29) is 18.1 Å².